The molecule has 2 heterocycles. The molecule has 27 heavy (non-hydrogen) atoms. The smallest absolute Gasteiger partial charge is 0.231 e. The minimum atomic E-state index is -0.621. The summed E-state index contributed by atoms with van der Waals surface area (Å²) in [6.45, 7) is 3.10. The maximum Gasteiger partial charge on any atom is 0.231 e. The first-order chi connectivity index (χ1) is 13.2. The fraction of sp³-hybridized carbons (Fsp3) is 0.300. The lowest BCUT2D eigenvalue weighted by Gasteiger charge is -2.12. The summed E-state index contributed by atoms with van der Waals surface area (Å²) < 4.78 is 12.8. The molecular weight excluding hydrogens is 362 g/mol. The lowest BCUT2D eigenvalue weighted by molar-refractivity contribution is 0.173. The van der Waals surface area contributed by atoms with E-state index in [1.54, 1.807) is 0 Å². The van der Waals surface area contributed by atoms with Crippen molar-refractivity contribution in [1.29, 1.82) is 0 Å². The molecule has 1 atom stereocenters. The summed E-state index contributed by atoms with van der Waals surface area (Å²) in [5, 5.41) is 20.0. The van der Waals surface area contributed by atoms with E-state index < -0.39 is 6.10 Å². The molecule has 0 bridgehead atoms. The van der Waals surface area contributed by atoms with Gasteiger partial charge in [0.25, 0.3) is 0 Å². The molecule has 1 aliphatic heterocycles. The van der Waals surface area contributed by atoms with Crippen LogP contribution in [0.1, 0.15) is 30.0 Å². The Morgan fingerprint density at radius 1 is 1.11 bits per heavy atom. The van der Waals surface area contributed by atoms with Crippen LogP contribution in [0.2, 0.25) is 0 Å². The molecule has 0 fully saturated rings. The van der Waals surface area contributed by atoms with Gasteiger partial charge in [-0.1, -0.05) is 48.2 Å². The molecule has 0 aliphatic carbocycles. The van der Waals surface area contributed by atoms with E-state index in [0.717, 1.165) is 35.3 Å². The number of aliphatic hydroxyl groups is 1. The molecule has 1 N–H and O–H groups in total. The van der Waals surface area contributed by atoms with E-state index in [-0.39, 0.29) is 6.79 Å². The second-order valence-corrected chi connectivity index (χ2v) is 7.23. The summed E-state index contributed by atoms with van der Waals surface area (Å²) in [6.07, 6.45) is 0.122. The molecule has 0 saturated carbocycles. The zero-order valence-corrected chi connectivity index (χ0v) is 15.9. The van der Waals surface area contributed by atoms with Crippen LogP contribution in [0, 0.1) is 0 Å². The van der Waals surface area contributed by atoms with E-state index in [4.69, 9.17) is 9.47 Å². The molecule has 6 nitrogen and oxygen atoms in total. The van der Waals surface area contributed by atoms with Crippen LogP contribution < -0.4 is 9.47 Å². The van der Waals surface area contributed by atoms with Gasteiger partial charge in [-0.2, -0.15) is 0 Å². The molecule has 1 unspecified atom stereocenters. The van der Waals surface area contributed by atoms with E-state index >= 15 is 0 Å². The van der Waals surface area contributed by atoms with Gasteiger partial charge in [0.15, 0.2) is 16.7 Å². The topological polar surface area (TPSA) is 69.4 Å². The third kappa shape index (κ3) is 3.94. The summed E-state index contributed by atoms with van der Waals surface area (Å²) in [5.74, 6) is 2.82. The van der Waals surface area contributed by atoms with Gasteiger partial charge in [-0.25, -0.2) is 0 Å². The Kier molecular flexibility index (Phi) is 5.31. The molecule has 140 valence electrons. The highest BCUT2D eigenvalue weighted by Crippen LogP contribution is 2.35. The van der Waals surface area contributed by atoms with Crippen LogP contribution in [0.5, 0.6) is 11.5 Å². The fourth-order valence-electron chi connectivity index (χ4n) is 3.02. The summed E-state index contributed by atoms with van der Waals surface area (Å²) in [4.78, 5) is 0. The van der Waals surface area contributed by atoms with E-state index in [0.29, 0.717) is 11.5 Å². The van der Waals surface area contributed by atoms with Gasteiger partial charge in [-0.3, -0.25) is 0 Å². The first-order valence-corrected chi connectivity index (χ1v) is 9.89. The van der Waals surface area contributed by atoms with Gasteiger partial charge in [-0.15, -0.1) is 10.2 Å². The summed E-state index contributed by atoms with van der Waals surface area (Å²) in [6, 6.07) is 15.8. The zero-order chi connectivity index (χ0) is 18.6. The number of benzene rings is 2. The maximum atomic E-state index is 10.5. The third-order valence-corrected chi connectivity index (χ3v) is 5.51. The quantitative estimate of drug-likeness (QED) is 0.630. The number of hydrogen-bond acceptors (Lipinski definition) is 6. The number of nitrogens with zero attached hydrogens (tertiary/aromatic N) is 3. The van der Waals surface area contributed by atoms with E-state index in [1.807, 2.05) is 36.4 Å². The number of hydrogen-bond donors (Lipinski definition) is 1. The Bertz CT molecular complexity index is 914. The average molecular weight is 383 g/mol. The molecule has 1 aliphatic rings. The summed E-state index contributed by atoms with van der Waals surface area (Å²) in [5.41, 5.74) is 2.01. The number of ether oxygens (including phenoxy) is 2. The molecule has 1 aromatic heterocycles. The molecule has 0 saturated heterocycles. The molecule has 0 spiro atoms. The van der Waals surface area contributed by atoms with Crippen LogP contribution >= 0.6 is 11.8 Å². The van der Waals surface area contributed by atoms with Gasteiger partial charge in [-0.05, 0) is 30.2 Å². The van der Waals surface area contributed by atoms with Crippen LogP contribution in [0.15, 0.2) is 53.7 Å². The Balaban J connectivity index is 1.43. The second-order valence-electron chi connectivity index (χ2n) is 6.24. The van der Waals surface area contributed by atoms with Crippen LogP contribution in [-0.2, 0) is 13.0 Å². The van der Waals surface area contributed by atoms with Crippen molar-refractivity contribution in [1.82, 2.24) is 14.8 Å². The van der Waals surface area contributed by atoms with E-state index in [2.05, 4.69) is 33.8 Å². The molecular formula is C20H21N3O3S. The summed E-state index contributed by atoms with van der Waals surface area (Å²) in [7, 11) is 0. The number of fused-ring (bicyclic) bond motifs is 1. The monoisotopic (exact) mass is 383 g/mol. The Morgan fingerprint density at radius 2 is 1.93 bits per heavy atom. The first kappa shape index (κ1) is 17.9. The maximum absolute atomic E-state index is 10.5. The van der Waals surface area contributed by atoms with Crippen molar-refractivity contribution in [3.05, 3.63) is 65.5 Å². The van der Waals surface area contributed by atoms with Gasteiger partial charge >= 0.3 is 0 Å². The standard InChI is InChI=1S/C20H21N3O3S/c1-2-23-19(10-14-6-4-3-5-7-14)21-22-20(23)27-12-16(24)15-8-9-17-18(11-15)26-13-25-17/h3-9,11,16,24H,2,10,12-13H2,1H3. The Hall–Kier alpha value is -2.51. The van der Waals surface area contributed by atoms with Gasteiger partial charge < -0.3 is 19.1 Å². The summed E-state index contributed by atoms with van der Waals surface area (Å²) >= 11 is 1.51. The van der Waals surface area contributed by atoms with Gasteiger partial charge in [0, 0.05) is 18.7 Å². The molecule has 2 aromatic carbocycles. The SMILES string of the molecule is CCn1c(Cc2ccccc2)nnc1SCC(O)c1ccc2c(c1)OCO2. The average Bonchev–Trinajstić information content (AvgIpc) is 3.32. The number of aromatic nitrogens is 3. The number of aliphatic hydroxyl groups excluding tert-OH is 1. The normalized spacial score (nSPS) is 13.7. The van der Waals surface area contributed by atoms with Crippen LogP contribution in [0.4, 0.5) is 0 Å². The molecule has 7 heteroatoms. The lowest BCUT2D eigenvalue weighted by atomic mass is 10.1. The third-order valence-electron chi connectivity index (χ3n) is 4.47. The predicted molar refractivity (Wildman–Crippen MR) is 103 cm³/mol. The van der Waals surface area contributed by atoms with Crippen molar-refractivity contribution < 1.29 is 14.6 Å². The molecule has 4 rings (SSSR count). The van der Waals surface area contributed by atoms with Crippen LogP contribution in [-0.4, -0.2) is 32.4 Å². The van der Waals surface area contributed by atoms with Crippen LogP contribution in [0.25, 0.3) is 0 Å². The number of rotatable bonds is 7. The van der Waals surface area contributed by atoms with Gasteiger partial charge in [0.05, 0.1) is 6.10 Å². The Labute approximate surface area is 162 Å². The van der Waals surface area contributed by atoms with Gasteiger partial charge in [0.1, 0.15) is 5.82 Å². The molecule has 0 amide bonds. The van der Waals surface area contributed by atoms with E-state index in [9.17, 15) is 5.11 Å². The fourth-order valence-corrected chi connectivity index (χ4v) is 4.01. The van der Waals surface area contributed by atoms with Crippen molar-refractivity contribution in [2.75, 3.05) is 12.5 Å². The molecule has 0 radical (unpaired) electrons. The first-order valence-electron chi connectivity index (χ1n) is 8.91. The number of thioether (sulfide) groups is 1. The minimum absolute atomic E-state index is 0.230. The van der Waals surface area contributed by atoms with Crippen molar-refractivity contribution >= 4 is 11.8 Å². The highest BCUT2D eigenvalue weighted by molar-refractivity contribution is 7.99. The van der Waals surface area contributed by atoms with Crippen molar-refractivity contribution in [3.8, 4) is 11.5 Å². The van der Waals surface area contributed by atoms with Crippen molar-refractivity contribution in [2.24, 2.45) is 0 Å². The van der Waals surface area contributed by atoms with Crippen LogP contribution in [0.3, 0.4) is 0 Å². The second kappa shape index (κ2) is 8.02. The molecule has 3 aromatic rings. The Morgan fingerprint density at radius 3 is 2.74 bits per heavy atom. The predicted octanol–water partition coefficient (Wildman–Crippen LogP) is 3.44. The van der Waals surface area contributed by atoms with E-state index in [1.165, 1.54) is 17.3 Å². The highest BCUT2D eigenvalue weighted by atomic mass is 32.2. The van der Waals surface area contributed by atoms with Gasteiger partial charge in [0.2, 0.25) is 6.79 Å². The lowest BCUT2D eigenvalue weighted by Crippen LogP contribution is -2.06. The van der Waals surface area contributed by atoms with Crippen molar-refractivity contribution in [2.45, 2.75) is 31.1 Å². The largest absolute Gasteiger partial charge is 0.454 e. The highest BCUT2D eigenvalue weighted by Gasteiger charge is 2.18. The zero-order valence-electron chi connectivity index (χ0n) is 15.0. The van der Waals surface area contributed by atoms with Crippen molar-refractivity contribution in [3.63, 3.8) is 0 Å². The minimum Gasteiger partial charge on any atom is -0.454 e.